The van der Waals surface area contributed by atoms with E-state index in [1.165, 1.54) is 17.7 Å². The second-order valence-electron chi connectivity index (χ2n) is 4.13. The monoisotopic (exact) mass is 254 g/mol. The molecule has 0 aromatic carbocycles. The molecule has 0 fully saturated rings. The summed E-state index contributed by atoms with van der Waals surface area (Å²) < 4.78 is 5.11. The maximum Gasteiger partial charge on any atom is 0.341 e. The molecule has 0 saturated heterocycles. The highest BCUT2D eigenvalue weighted by Gasteiger charge is 2.24. The smallest absolute Gasteiger partial charge is 0.341 e. The maximum absolute atomic E-state index is 12.0. The average molecular weight is 254 g/mol. The van der Waals surface area contributed by atoms with E-state index >= 15 is 0 Å². The molecule has 5 heteroatoms. The fourth-order valence-corrected chi connectivity index (χ4v) is 3.45. The van der Waals surface area contributed by atoms with Gasteiger partial charge in [-0.15, -0.1) is 11.3 Å². The van der Waals surface area contributed by atoms with Crippen LogP contribution in [0.15, 0.2) is 0 Å². The van der Waals surface area contributed by atoms with Crippen LogP contribution in [0.4, 0.5) is 5.00 Å². The molecule has 0 spiro atoms. The second kappa shape index (κ2) is 5.51. The zero-order valence-electron chi connectivity index (χ0n) is 10.0. The molecule has 1 aliphatic carbocycles. The van der Waals surface area contributed by atoms with Crippen molar-refractivity contribution in [1.29, 1.82) is 0 Å². The van der Waals surface area contributed by atoms with Gasteiger partial charge in [-0.1, -0.05) is 6.42 Å². The summed E-state index contributed by atoms with van der Waals surface area (Å²) in [5, 5.41) is 0.746. The van der Waals surface area contributed by atoms with Gasteiger partial charge in [-0.25, -0.2) is 10.6 Å². The molecule has 1 aliphatic rings. The lowest BCUT2D eigenvalue weighted by molar-refractivity contribution is 0.0526. The molecular formula is C12H18N2O2S. The second-order valence-corrected chi connectivity index (χ2v) is 5.24. The molecule has 0 saturated carbocycles. The number of anilines is 1. The number of hydrazine groups is 1. The van der Waals surface area contributed by atoms with Gasteiger partial charge < -0.3 is 10.2 Å². The average Bonchev–Trinajstić information content (AvgIpc) is 2.52. The van der Waals surface area contributed by atoms with Gasteiger partial charge in [0.25, 0.3) is 0 Å². The van der Waals surface area contributed by atoms with Crippen LogP contribution in [0.2, 0.25) is 0 Å². The predicted molar refractivity (Wildman–Crippen MR) is 69.3 cm³/mol. The van der Waals surface area contributed by atoms with Gasteiger partial charge in [0.05, 0.1) is 12.2 Å². The Labute approximate surface area is 105 Å². The lowest BCUT2D eigenvalue weighted by Gasteiger charge is -2.06. The van der Waals surface area contributed by atoms with Crippen LogP contribution >= 0.6 is 11.3 Å². The van der Waals surface area contributed by atoms with Crippen LogP contribution in [0.1, 0.15) is 47.0 Å². The number of aryl methyl sites for hydroxylation is 1. The number of hydrogen-bond acceptors (Lipinski definition) is 5. The number of nitrogens with two attached hydrogens (primary N) is 1. The largest absolute Gasteiger partial charge is 0.462 e. The van der Waals surface area contributed by atoms with E-state index in [2.05, 4.69) is 5.43 Å². The van der Waals surface area contributed by atoms with Gasteiger partial charge in [-0.05, 0) is 38.2 Å². The number of carbonyl (C=O) groups excluding carboxylic acids is 1. The van der Waals surface area contributed by atoms with Gasteiger partial charge in [0.1, 0.15) is 5.00 Å². The van der Waals surface area contributed by atoms with Crippen LogP contribution in [0.5, 0.6) is 0 Å². The standard InChI is InChI=1S/C12H18N2O2S/c1-2-16-12(15)10-8-6-4-3-5-7-9(8)17-11(10)14-13/h14H,2-7,13H2,1H3. The molecule has 1 heterocycles. The van der Waals surface area contributed by atoms with E-state index in [0.29, 0.717) is 12.2 Å². The van der Waals surface area contributed by atoms with Crippen molar-refractivity contribution < 1.29 is 9.53 Å². The van der Waals surface area contributed by atoms with Crippen molar-refractivity contribution in [3.63, 3.8) is 0 Å². The minimum atomic E-state index is -0.250. The van der Waals surface area contributed by atoms with Crippen molar-refractivity contribution in [1.82, 2.24) is 0 Å². The van der Waals surface area contributed by atoms with E-state index in [9.17, 15) is 4.79 Å². The number of nitrogen functional groups attached to an aromatic ring is 1. The first kappa shape index (κ1) is 12.4. The van der Waals surface area contributed by atoms with Gasteiger partial charge in [0.15, 0.2) is 0 Å². The molecule has 0 unspecified atom stereocenters. The van der Waals surface area contributed by atoms with E-state index in [0.717, 1.165) is 29.8 Å². The van der Waals surface area contributed by atoms with Crippen molar-refractivity contribution in [3.8, 4) is 0 Å². The molecule has 0 amide bonds. The first-order valence-corrected chi connectivity index (χ1v) is 6.87. The number of ether oxygens (including phenoxy) is 1. The van der Waals surface area contributed by atoms with Crippen LogP contribution in [0.3, 0.4) is 0 Å². The Hall–Kier alpha value is -1.07. The van der Waals surface area contributed by atoms with Crippen molar-refractivity contribution in [3.05, 3.63) is 16.0 Å². The SMILES string of the molecule is CCOC(=O)c1c(NN)sc2c1CCCCC2. The third kappa shape index (κ3) is 2.45. The van der Waals surface area contributed by atoms with Crippen LogP contribution in [0.25, 0.3) is 0 Å². The molecular weight excluding hydrogens is 236 g/mol. The number of hydrogen-bond donors (Lipinski definition) is 2. The summed E-state index contributed by atoms with van der Waals surface area (Å²) in [4.78, 5) is 13.2. The molecule has 4 nitrogen and oxygen atoms in total. The van der Waals surface area contributed by atoms with Gasteiger partial charge in [-0.2, -0.15) is 0 Å². The zero-order valence-corrected chi connectivity index (χ0v) is 10.9. The zero-order chi connectivity index (χ0) is 12.3. The Bertz CT molecular complexity index is 415. The van der Waals surface area contributed by atoms with E-state index in [1.807, 2.05) is 6.92 Å². The van der Waals surface area contributed by atoms with Gasteiger partial charge >= 0.3 is 5.97 Å². The number of nitrogens with one attached hydrogen (secondary N) is 1. The summed E-state index contributed by atoms with van der Waals surface area (Å²) in [6.45, 7) is 2.21. The van der Waals surface area contributed by atoms with Crippen LogP contribution in [-0.2, 0) is 17.6 Å². The summed E-state index contributed by atoms with van der Waals surface area (Å²) in [6, 6.07) is 0. The van der Waals surface area contributed by atoms with Crippen molar-refractivity contribution in [2.45, 2.75) is 39.0 Å². The number of thiophene rings is 1. The Morgan fingerprint density at radius 2 is 2.18 bits per heavy atom. The molecule has 2 rings (SSSR count). The summed E-state index contributed by atoms with van der Waals surface area (Å²) in [7, 11) is 0. The lowest BCUT2D eigenvalue weighted by atomic mass is 10.1. The highest BCUT2D eigenvalue weighted by molar-refractivity contribution is 7.16. The van der Waals surface area contributed by atoms with Gasteiger partial charge in [0.2, 0.25) is 0 Å². The normalized spacial score (nSPS) is 14.9. The Morgan fingerprint density at radius 3 is 2.88 bits per heavy atom. The quantitative estimate of drug-likeness (QED) is 0.376. The van der Waals surface area contributed by atoms with Gasteiger partial charge in [-0.3, -0.25) is 0 Å². The summed E-state index contributed by atoms with van der Waals surface area (Å²) in [6.07, 6.45) is 5.57. The number of rotatable bonds is 3. The van der Waals surface area contributed by atoms with Crippen LogP contribution < -0.4 is 11.3 Å². The summed E-state index contributed by atoms with van der Waals surface area (Å²) in [5.74, 6) is 5.24. The van der Waals surface area contributed by atoms with Crippen molar-refractivity contribution in [2.24, 2.45) is 5.84 Å². The van der Waals surface area contributed by atoms with Crippen molar-refractivity contribution >= 4 is 22.3 Å². The molecule has 94 valence electrons. The first-order chi connectivity index (χ1) is 8.27. The number of carbonyl (C=O) groups is 1. The third-order valence-electron chi connectivity index (χ3n) is 3.03. The Morgan fingerprint density at radius 1 is 1.41 bits per heavy atom. The molecule has 0 atom stereocenters. The summed E-state index contributed by atoms with van der Waals surface area (Å²) in [5.41, 5.74) is 4.45. The molecule has 0 aliphatic heterocycles. The highest BCUT2D eigenvalue weighted by atomic mass is 32.1. The first-order valence-electron chi connectivity index (χ1n) is 6.06. The lowest BCUT2D eigenvalue weighted by Crippen LogP contribution is -2.13. The number of fused-ring (bicyclic) bond motifs is 1. The molecule has 0 bridgehead atoms. The molecule has 0 radical (unpaired) electrons. The van der Waals surface area contributed by atoms with Crippen molar-refractivity contribution in [2.75, 3.05) is 12.0 Å². The van der Waals surface area contributed by atoms with E-state index in [4.69, 9.17) is 10.6 Å². The highest BCUT2D eigenvalue weighted by Crippen LogP contribution is 2.37. The maximum atomic E-state index is 12.0. The Balaban J connectivity index is 2.40. The topological polar surface area (TPSA) is 64.3 Å². The number of esters is 1. The Kier molecular flexibility index (Phi) is 4.02. The predicted octanol–water partition coefficient (Wildman–Crippen LogP) is 2.48. The molecule has 17 heavy (non-hydrogen) atoms. The van der Waals surface area contributed by atoms with E-state index < -0.39 is 0 Å². The third-order valence-corrected chi connectivity index (χ3v) is 4.25. The van der Waals surface area contributed by atoms with Crippen LogP contribution in [-0.4, -0.2) is 12.6 Å². The summed E-state index contributed by atoms with van der Waals surface area (Å²) >= 11 is 1.59. The van der Waals surface area contributed by atoms with Crippen LogP contribution in [0, 0.1) is 0 Å². The molecule has 1 aromatic heterocycles. The van der Waals surface area contributed by atoms with E-state index in [-0.39, 0.29) is 5.97 Å². The fraction of sp³-hybridized carbons (Fsp3) is 0.583. The van der Waals surface area contributed by atoms with Gasteiger partial charge in [0, 0.05) is 4.88 Å². The molecule has 1 aromatic rings. The van der Waals surface area contributed by atoms with E-state index in [1.54, 1.807) is 11.3 Å². The molecule has 3 N–H and O–H groups in total. The minimum absolute atomic E-state index is 0.250. The fourth-order valence-electron chi connectivity index (χ4n) is 2.26. The minimum Gasteiger partial charge on any atom is -0.462 e.